The van der Waals surface area contributed by atoms with Gasteiger partial charge in [0.15, 0.2) is 0 Å². The van der Waals surface area contributed by atoms with Gasteiger partial charge in [0, 0.05) is 0 Å². The average molecular weight is 374 g/mol. The molecule has 26 heavy (non-hydrogen) atoms. The quantitative estimate of drug-likeness (QED) is 0.158. The largest absolute Gasteiger partial charge is 0.480 e. The smallest absolute Gasteiger partial charge is 0.326 e. The van der Waals surface area contributed by atoms with Gasteiger partial charge in [0.1, 0.15) is 12.1 Å². The van der Waals surface area contributed by atoms with Crippen molar-refractivity contribution in [2.24, 2.45) is 22.9 Å². The Morgan fingerprint density at radius 2 is 1.38 bits per heavy atom. The summed E-state index contributed by atoms with van der Waals surface area (Å²) < 4.78 is 0. The average Bonchev–Trinajstić information content (AvgIpc) is 2.51. The molecular formula is C14H26N6O6. The van der Waals surface area contributed by atoms with E-state index in [1.54, 1.807) is 0 Å². The van der Waals surface area contributed by atoms with Gasteiger partial charge < -0.3 is 38.7 Å². The van der Waals surface area contributed by atoms with Gasteiger partial charge in [0.2, 0.25) is 23.6 Å². The first kappa shape index (κ1) is 23.3. The Bertz CT molecular complexity index is 540. The number of primary amides is 2. The number of aliphatic carboxylic acids is 1. The van der Waals surface area contributed by atoms with Crippen LogP contribution in [0.15, 0.2) is 0 Å². The summed E-state index contributed by atoms with van der Waals surface area (Å²) >= 11 is 0. The molecule has 0 aliphatic rings. The molecular weight excluding hydrogens is 348 g/mol. The number of carbonyl (C=O) groups is 5. The number of carboxylic acids is 1. The van der Waals surface area contributed by atoms with Crippen LogP contribution in [0.25, 0.3) is 0 Å². The van der Waals surface area contributed by atoms with Crippen molar-refractivity contribution in [1.29, 1.82) is 0 Å². The highest BCUT2D eigenvalue weighted by Gasteiger charge is 2.29. The van der Waals surface area contributed by atoms with E-state index >= 15 is 0 Å². The number of carboxylic acid groups (broad SMARTS) is 1. The molecule has 0 saturated heterocycles. The van der Waals surface area contributed by atoms with E-state index in [1.807, 2.05) is 0 Å². The highest BCUT2D eigenvalue weighted by molar-refractivity contribution is 5.95. The molecule has 12 heteroatoms. The molecule has 0 aliphatic heterocycles. The second-order valence-electron chi connectivity index (χ2n) is 5.69. The molecule has 3 atom stereocenters. The summed E-state index contributed by atoms with van der Waals surface area (Å²) in [5, 5.41) is 13.6. The second-order valence-corrected chi connectivity index (χ2v) is 5.69. The van der Waals surface area contributed by atoms with Crippen molar-refractivity contribution in [2.45, 2.75) is 50.2 Å². The number of unbranched alkanes of at least 4 members (excludes halogenated alkanes) is 1. The van der Waals surface area contributed by atoms with E-state index in [9.17, 15) is 24.0 Å². The van der Waals surface area contributed by atoms with Gasteiger partial charge in [0.05, 0.1) is 18.9 Å². The van der Waals surface area contributed by atoms with Gasteiger partial charge >= 0.3 is 5.97 Å². The van der Waals surface area contributed by atoms with E-state index in [1.165, 1.54) is 0 Å². The molecule has 12 nitrogen and oxygen atoms in total. The molecule has 0 fully saturated rings. The third kappa shape index (κ3) is 9.54. The Morgan fingerprint density at radius 3 is 1.85 bits per heavy atom. The van der Waals surface area contributed by atoms with Crippen LogP contribution >= 0.6 is 0 Å². The zero-order valence-corrected chi connectivity index (χ0v) is 14.3. The molecule has 4 amide bonds. The van der Waals surface area contributed by atoms with Gasteiger partial charge in [-0.2, -0.15) is 0 Å². The van der Waals surface area contributed by atoms with Gasteiger partial charge in [-0.3, -0.25) is 19.2 Å². The third-order valence-electron chi connectivity index (χ3n) is 3.36. The van der Waals surface area contributed by atoms with E-state index in [2.05, 4.69) is 10.6 Å². The summed E-state index contributed by atoms with van der Waals surface area (Å²) in [6, 6.07) is -3.98. The zero-order chi connectivity index (χ0) is 20.3. The second kappa shape index (κ2) is 11.8. The Balaban J connectivity index is 5.00. The lowest BCUT2D eigenvalue weighted by Gasteiger charge is -2.22. The summed E-state index contributed by atoms with van der Waals surface area (Å²) in [7, 11) is 0. The fraction of sp³-hybridized carbons (Fsp3) is 0.643. The molecule has 0 radical (unpaired) electrons. The first-order valence-electron chi connectivity index (χ1n) is 7.94. The first-order valence-corrected chi connectivity index (χ1v) is 7.94. The molecule has 0 heterocycles. The number of nitrogens with one attached hydrogen (secondary N) is 2. The molecule has 148 valence electrons. The van der Waals surface area contributed by atoms with Crippen LogP contribution in [0.5, 0.6) is 0 Å². The zero-order valence-electron chi connectivity index (χ0n) is 14.3. The number of hydrogen-bond donors (Lipinski definition) is 7. The van der Waals surface area contributed by atoms with Crippen molar-refractivity contribution in [2.75, 3.05) is 6.54 Å². The minimum Gasteiger partial charge on any atom is -0.480 e. The Labute approximate surface area is 150 Å². The fourth-order valence-electron chi connectivity index (χ4n) is 2.02. The van der Waals surface area contributed by atoms with E-state index in [4.69, 9.17) is 28.0 Å². The third-order valence-corrected chi connectivity index (χ3v) is 3.36. The van der Waals surface area contributed by atoms with Crippen molar-refractivity contribution in [1.82, 2.24) is 10.6 Å². The minimum absolute atomic E-state index is 0.122. The van der Waals surface area contributed by atoms with Gasteiger partial charge in [0.25, 0.3) is 0 Å². The van der Waals surface area contributed by atoms with Crippen LogP contribution in [0.1, 0.15) is 32.1 Å². The summed E-state index contributed by atoms with van der Waals surface area (Å²) in [6.07, 6.45) is 0.118. The lowest BCUT2D eigenvalue weighted by atomic mass is 10.1. The van der Waals surface area contributed by atoms with Crippen molar-refractivity contribution in [3.05, 3.63) is 0 Å². The standard InChI is InChI=1S/C14H26N6O6/c15-4-2-1-3-8(14(25)26)19-13(24)9(6-11(18)22)20-12(23)7(16)5-10(17)21/h7-9H,1-6,15-16H2,(H2,17,21)(H2,18,22)(H,19,24)(H,20,23)(H,25,26)/t7-,8-,9-/m0/s1. The number of hydrogen-bond acceptors (Lipinski definition) is 7. The van der Waals surface area contributed by atoms with Crippen molar-refractivity contribution in [3.8, 4) is 0 Å². The van der Waals surface area contributed by atoms with Crippen LogP contribution in [-0.4, -0.2) is 59.4 Å². The van der Waals surface area contributed by atoms with E-state index < -0.39 is 60.6 Å². The van der Waals surface area contributed by atoms with Crippen LogP contribution in [0, 0.1) is 0 Å². The van der Waals surface area contributed by atoms with Crippen LogP contribution in [-0.2, 0) is 24.0 Å². The number of nitrogens with two attached hydrogens (primary N) is 4. The number of carbonyl (C=O) groups excluding carboxylic acids is 4. The number of amides is 4. The van der Waals surface area contributed by atoms with E-state index in [0.717, 1.165) is 0 Å². The monoisotopic (exact) mass is 374 g/mol. The highest BCUT2D eigenvalue weighted by atomic mass is 16.4. The van der Waals surface area contributed by atoms with Crippen LogP contribution in [0.2, 0.25) is 0 Å². The summed E-state index contributed by atoms with van der Waals surface area (Å²) in [4.78, 5) is 57.3. The van der Waals surface area contributed by atoms with Crippen molar-refractivity contribution >= 4 is 29.6 Å². The molecule has 0 aromatic carbocycles. The predicted molar refractivity (Wildman–Crippen MR) is 90.0 cm³/mol. The van der Waals surface area contributed by atoms with Gasteiger partial charge in [-0.25, -0.2) is 4.79 Å². The van der Waals surface area contributed by atoms with Gasteiger partial charge in [-0.1, -0.05) is 0 Å². The van der Waals surface area contributed by atoms with Crippen molar-refractivity contribution in [3.63, 3.8) is 0 Å². The summed E-state index contributed by atoms with van der Waals surface area (Å²) in [6.45, 7) is 0.373. The molecule has 0 saturated carbocycles. The SMILES string of the molecule is NCCCC[C@H](NC(=O)[C@H](CC(N)=O)NC(=O)[C@@H](N)CC(N)=O)C(=O)O. The summed E-state index contributed by atoms with van der Waals surface area (Å²) in [5.41, 5.74) is 20.8. The highest BCUT2D eigenvalue weighted by Crippen LogP contribution is 2.03. The van der Waals surface area contributed by atoms with Crippen LogP contribution in [0.3, 0.4) is 0 Å². The Kier molecular flexibility index (Phi) is 10.5. The Morgan fingerprint density at radius 1 is 0.846 bits per heavy atom. The van der Waals surface area contributed by atoms with E-state index in [0.29, 0.717) is 19.4 Å². The molecule has 0 aromatic heterocycles. The van der Waals surface area contributed by atoms with Crippen molar-refractivity contribution < 1.29 is 29.1 Å². The maximum Gasteiger partial charge on any atom is 0.326 e. The first-order chi connectivity index (χ1) is 12.1. The Hall–Kier alpha value is -2.73. The topological polar surface area (TPSA) is 234 Å². The normalized spacial score (nSPS) is 13.9. The lowest BCUT2D eigenvalue weighted by Crippen LogP contribution is -2.55. The molecule has 0 aromatic rings. The fourth-order valence-corrected chi connectivity index (χ4v) is 2.02. The minimum atomic E-state index is -1.43. The molecule has 11 N–H and O–H groups in total. The molecule has 0 spiro atoms. The molecule has 0 unspecified atom stereocenters. The van der Waals surface area contributed by atoms with Crippen LogP contribution < -0.4 is 33.6 Å². The van der Waals surface area contributed by atoms with Gasteiger partial charge in [-0.05, 0) is 25.8 Å². The maximum atomic E-state index is 12.3. The van der Waals surface area contributed by atoms with Crippen LogP contribution in [0.4, 0.5) is 0 Å². The number of rotatable bonds is 13. The lowest BCUT2D eigenvalue weighted by molar-refractivity contribution is -0.142. The predicted octanol–water partition coefficient (Wildman–Crippen LogP) is -3.75. The van der Waals surface area contributed by atoms with E-state index in [-0.39, 0.29) is 6.42 Å². The molecule has 0 bridgehead atoms. The molecule has 0 aliphatic carbocycles. The maximum absolute atomic E-state index is 12.3. The molecule has 0 rings (SSSR count). The van der Waals surface area contributed by atoms with Gasteiger partial charge in [-0.15, -0.1) is 0 Å². The summed E-state index contributed by atoms with van der Waals surface area (Å²) in [5.74, 6) is -4.81.